The average molecular weight is 601 g/mol. The predicted octanol–water partition coefficient (Wildman–Crippen LogP) is 4.88. The summed E-state index contributed by atoms with van der Waals surface area (Å²) < 4.78 is 0. The second-order valence-corrected chi connectivity index (χ2v) is 10.9. The van der Waals surface area contributed by atoms with Crippen LogP contribution in [0.1, 0.15) is 141 Å². The fourth-order valence-corrected chi connectivity index (χ4v) is 4.63. The van der Waals surface area contributed by atoms with Gasteiger partial charge in [0.15, 0.2) is 0 Å². The molecule has 0 bridgehead atoms. The highest BCUT2D eigenvalue weighted by molar-refractivity contribution is 5.84. The fraction of sp³-hybridized carbons (Fsp3) is 0.800. The molecule has 0 aromatic carbocycles. The lowest BCUT2D eigenvalue weighted by molar-refractivity contribution is -0.144. The van der Waals surface area contributed by atoms with E-state index in [0.717, 1.165) is 38.5 Å². The first kappa shape index (κ1) is 38.8. The van der Waals surface area contributed by atoms with E-state index in [9.17, 15) is 28.8 Å². The van der Waals surface area contributed by atoms with Crippen LogP contribution in [0.3, 0.4) is 0 Å². The minimum absolute atomic E-state index is 0.124. The Balaban J connectivity index is 3.52. The summed E-state index contributed by atoms with van der Waals surface area (Å²) in [6.45, 7) is 0. The standard InChI is InChI=1S/C30H52N2O10/c33-25(31-23(29(39)40)19-21-27(35)36)17-15-13-11-9-7-5-3-1-2-4-6-8-10-12-14-16-18-26(34)32-24(30(41)42)20-22-28(37)38/h23-24H,1-22H2,(H,31,33)(H,32,34)(H,35,36)(H,37,38)(H,39,40)(H,41,42)/t23-,24-/m0/s1. The maximum absolute atomic E-state index is 11.9. The molecule has 12 heteroatoms. The minimum Gasteiger partial charge on any atom is -0.481 e. The van der Waals surface area contributed by atoms with Crippen molar-refractivity contribution < 1.29 is 49.2 Å². The molecule has 0 rings (SSSR count). The number of hydrogen-bond donors (Lipinski definition) is 6. The summed E-state index contributed by atoms with van der Waals surface area (Å²) in [6.07, 6.45) is 16.8. The molecule has 242 valence electrons. The van der Waals surface area contributed by atoms with Crippen LogP contribution in [0.4, 0.5) is 0 Å². The van der Waals surface area contributed by atoms with Gasteiger partial charge in [0, 0.05) is 25.7 Å². The van der Waals surface area contributed by atoms with E-state index in [0.29, 0.717) is 12.8 Å². The number of hydrogen-bond acceptors (Lipinski definition) is 6. The topological polar surface area (TPSA) is 207 Å². The van der Waals surface area contributed by atoms with Crippen LogP contribution >= 0.6 is 0 Å². The quantitative estimate of drug-likeness (QED) is 0.0641. The zero-order valence-corrected chi connectivity index (χ0v) is 24.9. The van der Waals surface area contributed by atoms with Crippen LogP contribution < -0.4 is 10.6 Å². The molecule has 0 fully saturated rings. The predicted molar refractivity (Wildman–Crippen MR) is 156 cm³/mol. The Labute approximate surface area is 249 Å². The average Bonchev–Trinajstić information content (AvgIpc) is 2.91. The molecule has 0 saturated heterocycles. The third-order valence-electron chi connectivity index (χ3n) is 7.12. The minimum atomic E-state index is -1.22. The zero-order chi connectivity index (χ0) is 31.6. The molecule has 0 saturated carbocycles. The Morgan fingerprint density at radius 3 is 0.833 bits per heavy atom. The first-order valence-corrected chi connectivity index (χ1v) is 15.5. The molecular formula is C30H52N2O10. The zero-order valence-electron chi connectivity index (χ0n) is 24.9. The Hall–Kier alpha value is -3.18. The maximum Gasteiger partial charge on any atom is 0.326 e. The smallest absolute Gasteiger partial charge is 0.326 e. The highest BCUT2D eigenvalue weighted by Crippen LogP contribution is 2.14. The van der Waals surface area contributed by atoms with Gasteiger partial charge in [-0.3, -0.25) is 19.2 Å². The molecule has 0 aliphatic carbocycles. The monoisotopic (exact) mass is 600 g/mol. The maximum atomic E-state index is 11.9. The Kier molecular flexibility index (Phi) is 23.6. The van der Waals surface area contributed by atoms with Crippen molar-refractivity contribution in [3.05, 3.63) is 0 Å². The van der Waals surface area contributed by atoms with Crippen molar-refractivity contribution in [1.82, 2.24) is 10.6 Å². The molecule has 0 unspecified atom stereocenters. The van der Waals surface area contributed by atoms with Gasteiger partial charge in [0.1, 0.15) is 12.1 Å². The number of nitrogens with one attached hydrogen (secondary N) is 2. The molecule has 2 atom stereocenters. The summed E-state index contributed by atoms with van der Waals surface area (Å²) in [5, 5.41) is 40.3. The van der Waals surface area contributed by atoms with E-state index in [1.165, 1.54) is 51.4 Å². The summed E-state index contributed by atoms with van der Waals surface area (Å²) in [4.78, 5) is 67.2. The number of carboxylic acid groups (broad SMARTS) is 4. The van der Waals surface area contributed by atoms with E-state index in [4.69, 9.17) is 20.4 Å². The molecule has 12 nitrogen and oxygen atoms in total. The number of carbonyl (C=O) groups excluding carboxylic acids is 2. The summed E-state index contributed by atoms with van der Waals surface area (Å²) in [7, 11) is 0. The van der Waals surface area contributed by atoms with E-state index in [1.54, 1.807) is 0 Å². The van der Waals surface area contributed by atoms with Crippen LogP contribution in [0.5, 0.6) is 0 Å². The van der Waals surface area contributed by atoms with Crippen molar-refractivity contribution in [2.24, 2.45) is 0 Å². The van der Waals surface area contributed by atoms with Gasteiger partial charge in [-0.15, -0.1) is 0 Å². The lowest BCUT2D eigenvalue weighted by Gasteiger charge is -2.13. The largest absolute Gasteiger partial charge is 0.481 e. The van der Waals surface area contributed by atoms with E-state index >= 15 is 0 Å². The van der Waals surface area contributed by atoms with Gasteiger partial charge in [-0.05, 0) is 25.7 Å². The fourth-order valence-electron chi connectivity index (χ4n) is 4.63. The summed E-state index contributed by atoms with van der Waals surface area (Å²) in [6, 6.07) is -2.32. The van der Waals surface area contributed by atoms with Crippen LogP contribution in [0.25, 0.3) is 0 Å². The van der Waals surface area contributed by atoms with Crippen molar-refractivity contribution in [2.75, 3.05) is 0 Å². The molecule has 0 heterocycles. The number of carbonyl (C=O) groups is 6. The molecule has 0 spiro atoms. The van der Waals surface area contributed by atoms with Gasteiger partial charge in [-0.1, -0.05) is 89.9 Å². The molecule has 2 amide bonds. The van der Waals surface area contributed by atoms with Crippen LogP contribution in [0.15, 0.2) is 0 Å². The number of unbranched alkanes of at least 4 members (excludes halogenated alkanes) is 15. The normalized spacial score (nSPS) is 12.3. The van der Waals surface area contributed by atoms with Crippen molar-refractivity contribution >= 4 is 35.7 Å². The molecule has 0 aliphatic heterocycles. The van der Waals surface area contributed by atoms with Crippen molar-refractivity contribution in [3.8, 4) is 0 Å². The van der Waals surface area contributed by atoms with Gasteiger partial charge >= 0.3 is 23.9 Å². The SMILES string of the molecule is O=C(O)CC[C@H](NC(=O)CCCCCCCCCCCCCCCCCCC(=O)N[C@@H](CCC(=O)O)C(=O)O)C(=O)O. The van der Waals surface area contributed by atoms with E-state index < -0.39 is 36.0 Å². The first-order chi connectivity index (χ1) is 20.0. The van der Waals surface area contributed by atoms with E-state index in [2.05, 4.69) is 10.6 Å². The molecule has 0 aromatic heterocycles. The Morgan fingerprint density at radius 2 is 0.619 bits per heavy atom. The van der Waals surface area contributed by atoms with Gasteiger partial charge in [-0.2, -0.15) is 0 Å². The van der Waals surface area contributed by atoms with Crippen LogP contribution in [0.2, 0.25) is 0 Å². The van der Waals surface area contributed by atoms with Gasteiger partial charge in [0.05, 0.1) is 0 Å². The number of amides is 2. The second-order valence-electron chi connectivity index (χ2n) is 10.9. The summed E-state index contributed by atoms with van der Waals surface area (Å²) >= 11 is 0. The van der Waals surface area contributed by atoms with E-state index in [1.807, 2.05) is 0 Å². The number of carboxylic acids is 4. The van der Waals surface area contributed by atoms with Gasteiger partial charge in [-0.25, -0.2) is 9.59 Å². The van der Waals surface area contributed by atoms with Crippen LogP contribution in [-0.4, -0.2) is 68.2 Å². The van der Waals surface area contributed by atoms with Gasteiger partial charge in [0.25, 0.3) is 0 Å². The highest BCUT2D eigenvalue weighted by atomic mass is 16.4. The third kappa shape index (κ3) is 24.6. The highest BCUT2D eigenvalue weighted by Gasteiger charge is 2.21. The lowest BCUT2D eigenvalue weighted by atomic mass is 10.0. The molecule has 42 heavy (non-hydrogen) atoms. The Bertz CT molecular complexity index is 752. The summed E-state index contributed by atoms with van der Waals surface area (Å²) in [5.41, 5.74) is 0. The molecule has 0 aromatic rings. The van der Waals surface area contributed by atoms with Crippen LogP contribution in [-0.2, 0) is 28.8 Å². The van der Waals surface area contributed by atoms with Crippen molar-refractivity contribution in [3.63, 3.8) is 0 Å². The first-order valence-electron chi connectivity index (χ1n) is 15.5. The molecule has 0 radical (unpaired) electrons. The number of rotatable bonds is 29. The van der Waals surface area contributed by atoms with Gasteiger partial charge < -0.3 is 31.1 Å². The van der Waals surface area contributed by atoms with Gasteiger partial charge in [0.2, 0.25) is 11.8 Å². The molecule has 0 aliphatic rings. The second kappa shape index (κ2) is 25.5. The van der Waals surface area contributed by atoms with E-state index in [-0.39, 0.29) is 50.3 Å². The molecular weight excluding hydrogens is 548 g/mol. The molecule has 6 N–H and O–H groups in total. The number of aliphatic carboxylic acids is 4. The van der Waals surface area contributed by atoms with Crippen LogP contribution in [0, 0.1) is 0 Å². The summed E-state index contributed by atoms with van der Waals surface area (Å²) in [5.74, 6) is -5.31. The Morgan fingerprint density at radius 1 is 0.381 bits per heavy atom. The van der Waals surface area contributed by atoms with Crippen molar-refractivity contribution in [2.45, 2.75) is 153 Å². The van der Waals surface area contributed by atoms with Crippen molar-refractivity contribution in [1.29, 1.82) is 0 Å². The third-order valence-corrected chi connectivity index (χ3v) is 7.12. The lowest BCUT2D eigenvalue weighted by Crippen LogP contribution is -2.41.